The highest BCUT2D eigenvalue weighted by molar-refractivity contribution is 7.09. The topological polar surface area (TPSA) is 22.1 Å². The third-order valence-electron chi connectivity index (χ3n) is 3.03. The first-order chi connectivity index (χ1) is 9.67. The zero-order valence-electron chi connectivity index (χ0n) is 11.5. The first kappa shape index (κ1) is 15.6. The summed E-state index contributed by atoms with van der Waals surface area (Å²) in [7, 11) is 0. The van der Waals surface area contributed by atoms with Gasteiger partial charge in [0.1, 0.15) is 16.9 Å². The molecule has 2 rings (SSSR count). The lowest BCUT2D eigenvalue weighted by molar-refractivity contribution is 0.200. The molecule has 1 unspecified atom stereocenters. The van der Waals surface area contributed by atoms with Crippen molar-refractivity contribution in [1.82, 2.24) is 4.98 Å². The predicted octanol–water partition coefficient (Wildman–Crippen LogP) is 5.63. The monoisotopic (exact) mass is 329 g/mol. The van der Waals surface area contributed by atoms with Crippen LogP contribution in [0.5, 0.6) is 5.75 Å². The van der Waals surface area contributed by atoms with E-state index in [2.05, 4.69) is 18.8 Å². The Bertz CT molecular complexity index is 571. The summed E-state index contributed by atoms with van der Waals surface area (Å²) in [5.74, 6) is 1.27. The third-order valence-corrected chi connectivity index (χ3v) is 4.66. The first-order valence-corrected chi connectivity index (χ1v) is 8.42. The van der Waals surface area contributed by atoms with Gasteiger partial charge in [-0.2, -0.15) is 0 Å². The van der Waals surface area contributed by atoms with Gasteiger partial charge in [-0.15, -0.1) is 22.9 Å². The molecule has 0 radical (unpaired) electrons. The minimum Gasteiger partial charge on any atom is -0.483 e. The van der Waals surface area contributed by atoms with E-state index in [-0.39, 0.29) is 6.10 Å². The molecular weight excluding hydrogens is 313 g/mol. The quantitative estimate of drug-likeness (QED) is 0.641. The summed E-state index contributed by atoms with van der Waals surface area (Å²) >= 11 is 13.5. The van der Waals surface area contributed by atoms with Crippen molar-refractivity contribution < 1.29 is 4.74 Å². The molecule has 2 nitrogen and oxygen atoms in total. The van der Waals surface area contributed by atoms with Crippen molar-refractivity contribution in [2.24, 2.45) is 0 Å². The van der Waals surface area contributed by atoms with E-state index in [0.29, 0.717) is 5.88 Å². The molecule has 0 spiro atoms. The number of halogens is 2. The van der Waals surface area contributed by atoms with Crippen LogP contribution >= 0.6 is 34.5 Å². The number of aryl methyl sites for hydroxylation is 1. The van der Waals surface area contributed by atoms with Crippen LogP contribution in [0.1, 0.15) is 42.6 Å². The van der Waals surface area contributed by atoms with Crippen LogP contribution in [-0.4, -0.2) is 4.98 Å². The van der Waals surface area contributed by atoms with Crippen LogP contribution in [0.2, 0.25) is 5.02 Å². The van der Waals surface area contributed by atoms with Crippen LogP contribution in [0.3, 0.4) is 0 Å². The molecule has 1 aromatic heterocycles. The minimum atomic E-state index is -0.0390. The van der Waals surface area contributed by atoms with E-state index in [1.54, 1.807) is 11.3 Å². The van der Waals surface area contributed by atoms with Crippen molar-refractivity contribution in [3.8, 4) is 5.75 Å². The molecule has 0 saturated heterocycles. The van der Waals surface area contributed by atoms with Gasteiger partial charge in [0.05, 0.1) is 11.6 Å². The minimum absolute atomic E-state index is 0.0390. The Morgan fingerprint density at radius 3 is 2.75 bits per heavy atom. The van der Waals surface area contributed by atoms with E-state index < -0.39 is 0 Å². The van der Waals surface area contributed by atoms with Gasteiger partial charge in [-0.25, -0.2) is 4.98 Å². The summed E-state index contributed by atoms with van der Waals surface area (Å²) in [5.41, 5.74) is 2.00. The third kappa shape index (κ3) is 3.66. The van der Waals surface area contributed by atoms with Crippen molar-refractivity contribution in [2.45, 2.75) is 38.7 Å². The van der Waals surface area contributed by atoms with Crippen LogP contribution in [0.25, 0.3) is 0 Å². The lowest BCUT2D eigenvalue weighted by Crippen LogP contribution is -2.06. The van der Waals surface area contributed by atoms with Gasteiger partial charge in [0.15, 0.2) is 0 Å². The Morgan fingerprint density at radius 1 is 1.35 bits per heavy atom. The Morgan fingerprint density at radius 2 is 2.15 bits per heavy atom. The van der Waals surface area contributed by atoms with Crippen molar-refractivity contribution in [1.29, 1.82) is 0 Å². The van der Waals surface area contributed by atoms with E-state index in [1.807, 2.05) is 23.6 Å². The Hall–Kier alpha value is -0.770. The summed E-state index contributed by atoms with van der Waals surface area (Å²) in [6.45, 7) is 4.17. The van der Waals surface area contributed by atoms with Gasteiger partial charge in [-0.3, -0.25) is 0 Å². The van der Waals surface area contributed by atoms with Crippen molar-refractivity contribution in [3.05, 3.63) is 44.9 Å². The number of alkyl halides is 1. The summed E-state index contributed by atoms with van der Waals surface area (Å²) < 4.78 is 6.05. The van der Waals surface area contributed by atoms with Gasteiger partial charge < -0.3 is 4.74 Å². The highest BCUT2D eigenvalue weighted by Crippen LogP contribution is 2.30. The maximum atomic E-state index is 6.13. The van der Waals surface area contributed by atoms with Gasteiger partial charge in [0.2, 0.25) is 0 Å². The molecule has 0 fully saturated rings. The molecule has 0 N–H and O–H groups in total. The summed E-state index contributed by atoms with van der Waals surface area (Å²) in [5, 5.41) is 3.73. The van der Waals surface area contributed by atoms with E-state index in [9.17, 15) is 0 Å². The highest BCUT2D eigenvalue weighted by atomic mass is 35.5. The van der Waals surface area contributed by atoms with Gasteiger partial charge in [0, 0.05) is 10.4 Å². The lowest BCUT2D eigenvalue weighted by Gasteiger charge is -2.16. The van der Waals surface area contributed by atoms with Gasteiger partial charge in [-0.1, -0.05) is 25.4 Å². The number of aromatic nitrogens is 1. The fourth-order valence-electron chi connectivity index (χ4n) is 1.90. The molecule has 0 aliphatic rings. The molecule has 0 bridgehead atoms. The smallest absolute Gasteiger partial charge is 0.150 e. The Kier molecular flexibility index (Phi) is 5.70. The number of hydrogen-bond acceptors (Lipinski definition) is 3. The lowest BCUT2D eigenvalue weighted by atomic mass is 10.1. The fraction of sp³-hybridized carbons (Fsp3) is 0.400. The number of nitrogens with zero attached hydrogens (tertiary/aromatic N) is 1. The second-order valence-corrected chi connectivity index (χ2v) is 6.00. The van der Waals surface area contributed by atoms with Crippen LogP contribution in [0, 0.1) is 0 Å². The number of hydrogen-bond donors (Lipinski definition) is 0. The largest absolute Gasteiger partial charge is 0.483 e. The van der Waals surface area contributed by atoms with Crippen molar-refractivity contribution in [3.63, 3.8) is 0 Å². The van der Waals surface area contributed by atoms with Crippen molar-refractivity contribution in [2.75, 3.05) is 0 Å². The summed E-state index contributed by atoms with van der Waals surface area (Å²) in [4.78, 5) is 4.49. The normalized spacial score (nSPS) is 12.4. The average Bonchev–Trinajstić information content (AvgIpc) is 2.95. The molecule has 0 amide bonds. The molecule has 0 saturated carbocycles. The molecule has 108 valence electrons. The molecule has 1 atom stereocenters. The average molecular weight is 330 g/mol. The van der Waals surface area contributed by atoms with Gasteiger partial charge in [0.25, 0.3) is 0 Å². The molecule has 1 heterocycles. The molecule has 5 heteroatoms. The molecule has 0 aliphatic carbocycles. The molecule has 2 aromatic rings. The zero-order chi connectivity index (χ0) is 14.5. The predicted molar refractivity (Wildman–Crippen MR) is 86.2 cm³/mol. The second kappa shape index (κ2) is 7.30. The number of benzene rings is 1. The maximum Gasteiger partial charge on any atom is 0.150 e. The fourth-order valence-corrected chi connectivity index (χ4v) is 3.31. The Balaban J connectivity index is 2.17. The van der Waals surface area contributed by atoms with Crippen LogP contribution in [0.4, 0.5) is 0 Å². The van der Waals surface area contributed by atoms with Crippen LogP contribution in [-0.2, 0) is 12.3 Å². The van der Waals surface area contributed by atoms with Crippen LogP contribution in [0.15, 0.2) is 23.6 Å². The first-order valence-electron chi connectivity index (χ1n) is 6.63. The molecule has 1 aromatic carbocycles. The number of rotatable bonds is 6. The molecule has 20 heavy (non-hydrogen) atoms. The summed E-state index contributed by atoms with van der Waals surface area (Å²) in [6.07, 6.45) is 1.71. The van der Waals surface area contributed by atoms with Gasteiger partial charge >= 0.3 is 0 Å². The SMILES string of the molecule is CCc1cc(OC(CC)c2nc(CCl)cs2)ccc1Cl. The standard InChI is InChI=1S/C15H17Cl2NOS/c1-3-10-7-12(5-6-13(10)17)19-14(4-2)15-18-11(8-16)9-20-15/h5-7,9,14H,3-4,8H2,1-2H3. The van der Waals surface area contributed by atoms with Crippen LogP contribution < -0.4 is 4.74 Å². The van der Waals surface area contributed by atoms with E-state index >= 15 is 0 Å². The van der Waals surface area contributed by atoms with Gasteiger partial charge in [-0.05, 0) is 36.6 Å². The number of ether oxygens (including phenoxy) is 1. The van der Waals surface area contributed by atoms with E-state index in [0.717, 1.165) is 39.9 Å². The Labute approximate surface area is 133 Å². The van der Waals surface area contributed by atoms with E-state index in [4.69, 9.17) is 27.9 Å². The summed E-state index contributed by atoms with van der Waals surface area (Å²) in [6, 6.07) is 5.79. The second-order valence-electron chi connectivity index (χ2n) is 4.43. The van der Waals surface area contributed by atoms with Crippen molar-refractivity contribution >= 4 is 34.5 Å². The maximum absolute atomic E-state index is 6.13. The molecule has 0 aliphatic heterocycles. The zero-order valence-corrected chi connectivity index (χ0v) is 13.9. The molecular formula is C15H17Cl2NOS. The number of thiazole rings is 1. The van der Waals surface area contributed by atoms with E-state index in [1.165, 1.54) is 0 Å². The highest BCUT2D eigenvalue weighted by Gasteiger charge is 2.16.